The number of aromatic amines is 1. The number of carbonyl (C=O) groups is 1. The van der Waals surface area contributed by atoms with E-state index in [4.69, 9.17) is 9.72 Å². The van der Waals surface area contributed by atoms with Gasteiger partial charge in [0.2, 0.25) is 0 Å². The molecule has 3 heterocycles. The molecule has 0 bridgehead atoms. The van der Waals surface area contributed by atoms with Crippen molar-refractivity contribution in [2.45, 2.75) is 26.7 Å². The quantitative estimate of drug-likeness (QED) is 0.523. The number of Topliss-reactive ketones (excluding diaryl/α,β-unsaturated/α-hetero) is 1. The van der Waals surface area contributed by atoms with Crippen LogP contribution in [0.5, 0.6) is 5.75 Å². The van der Waals surface area contributed by atoms with Gasteiger partial charge in [0, 0.05) is 38.8 Å². The van der Waals surface area contributed by atoms with E-state index in [0.29, 0.717) is 46.9 Å². The van der Waals surface area contributed by atoms with E-state index in [9.17, 15) is 9.59 Å². The molecule has 0 spiro atoms. The Hall–Kier alpha value is -3.04. The largest absolute Gasteiger partial charge is 0.493 e. The van der Waals surface area contributed by atoms with Gasteiger partial charge >= 0.3 is 0 Å². The lowest BCUT2D eigenvalue weighted by molar-refractivity contribution is 0.0876. The second kappa shape index (κ2) is 9.84. The molecule has 176 valence electrons. The third-order valence-corrected chi connectivity index (χ3v) is 6.07. The standard InChI is InChI=1S/C24H32N6O3/c1-5-7-18-21-22(29(4)27-18)24(32)26-23(25-21)17-14-16(8-9-20(17)33-6-2)19(31)15-30-12-10-28(3)11-13-30/h8-9,14H,5-7,10-13,15H2,1-4H3,(H,25,26,32). The van der Waals surface area contributed by atoms with Gasteiger partial charge in [0.25, 0.3) is 5.56 Å². The summed E-state index contributed by atoms with van der Waals surface area (Å²) in [4.78, 5) is 38.1. The van der Waals surface area contributed by atoms with Crippen molar-refractivity contribution in [1.29, 1.82) is 0 Å². The highest BCUT2D eigenvalue weighted by molar-refractivity contribution is 5.99. The molecule has 0 unspecified atom stereocenters. The van der Waals surface area contributed by atoms with Crippen LogP contribution < -0.4 is 10.3 Å². The van der Waals surface area contributed by atoms with Crippen molar-refractivity contribution in [3.05, 3.63) is 39.8 Å². The van der Waals surface area contributed by atoms with Gasteiger partial charge in [-0.2, -0.15) is 5.10 Å². The Kier molecular flexibility index (Phi) is 6.90. The highest BCUT2D eigenvalue weighted by Gasteiger charge is 2.21. The van der Waals surface area contributed by atoms with E-state index < -0.39 is 0 Å². The maximum Gasteiger partial charge on any atom is 0.277 e. The van der Waals surface area contributed by atoms with Crippen molar-refractivity contribution >= 4 is 16.8 Å². The van der Waals surface area contributed by atoms with Crippen molar-refractivity contribution in [2.75, 3.05) is 46.4 Å². The molecular weight excluding hydrogens is 420 g/mol. The van der Waals surface area contributed by atoms with Crippen molar-refractivity contribution in [2.24, 2.45) is 7.05 Å². The third-order valence-electron chi connectivity index (χ3n) is 6.07. The minimum absolute atomic E-state index is 0.0420. The lowest BCUT2D eigenvalue weighted by Crippen LogP contribution is -2.46. The van der Waals surface area contributed by atoms with E-state index in [1.807, 2.05) is 6.92 Å². The number of likely N-dealkylation sites (N-methyl/N-ethyl adjacent to an activating group) is 1. The van der Waals surface area contributed by atoms with Crippen LogP contribution >= 0.6 is 0 Å². The van der Waals surface area contributed by atoms with E-state index in [2.05, 4.69) is 33.9 Å². The number of hydrogen-bond donors (Lipinski definition) is 1. The number of aryl methyl sites for hydroxylation is 2. The summed E-state index contributed by atoms with van der Waals surface area (Å²) in [5.74, 6) is 1.01. The van der Waals surface area contributed by atoms with Crippen LogP contribution in [0.3, 0.4) is 0 Å². The molecule has 0 atom stereocenters. The number of benzene rings is 1. The Morgan fingerprint density at radius 1 is 1.15 bits per heavy atom. The number of ether oxygens (including phenoxy) is 1. The molecule has 9 heteroatoms. The topological polar surface area (TPSA) is 96.3 Å². The van der Waals surface area contributed by atoms with Gasteiger partial charge in [0.1, 0.15) is 17.1 Å². The first-order valence-electron chi connectivity index (χ1n) is 11.6. The van der Waals surface area contributed by atoms with Gasteiger partial charge in [-0.25, -0.2) is 4.98 Å². The summed E-state index contributed by atoms with van der Waals surface area (Å²) in [6.45, 7) is 8.46. The number of fused-ring (bicyclic) bond motifs is 1. The van der Waals surface area contributed by atoms with Crippen molar-refractivity contribution < 1.29 is 9.53 Å². The lowest BCUT2D eigenvalue weighted by Gasteiger charge is -2.31. The summed E-state index contributed by atoms with van der Waals surface area (Å²) in [6, 6.07) is 5.36. The SMILES string of the molecule is CCCc1nn(C)c2c(=O)[nH]c(-c3cc(C(=O)CN4CCN(C)CC4)ccc3OCC)nc12. The number of piperazine rings is 1. The van der Waals surface area contributed by atoms with Gasteiger partial charge in [-0.1, -0.05) is 13.3 Å². The molecule has 1 aliphatic heterocycles. The lowest BCUT2D eigenvalue weighted by atomic mass is 10.0. The molecule has 1 aliphatic rings. The first kappa shape index (κ1) is 23.1. The fourth-order valence-corrected chi connectivity index (χ4v) is 4.25. The second-order valence-electron chi connectivity index (χ2n) is 8.58. The molecule has 3 aromatic rings. The van der Waals surface area contributed by atoms with Crippen LogP contribution in [0.25, 0.3) is 22.4 Å². The van der Waals surface area contributed by atoms with Crippen LogP contribution in [0.2, 0.25) is 0 Å². The van der Waals surface area contributed by atoms with Crippen LogP contribution in [0.15, 0.2) is 23.0 Å². The van der Waals surface area contributed by atoms with Gasteiger partial charge in [-0.05, 0) is 38.6 Å². The van der Waals surface area contributed by atoms with E-state index in [0.717, 1.165) is 44.7 Å². The molecule has 0 aliphatic carbocycles. The number of hydrogen-bond acceptors (Lipinski definition) is 7. The predicted octanol–water partition coefficient (Wildman–Crippen LogP) is 2.10. The van der Waals surface area contributed by atoms with E-state index >= 15 is 0 Å². The van der Waals surface area contributed by atoms with Gasteiger partial charge < -0.3 is 14.6 Å². The summed E-state index contributed by atoms with van der Waals surface area (Å²) in [5, 5.41) is 4.49. The van der Waals surface area contributed by atoms with Gasteiger partial charge in [0.05, 0.1) is 24.4 Å². The summed E-state index contributed by atoms with van der Waals surface area (Å²) >= 11 is 0. The van der Waals surface area contributed by atoms with Crippen LogP contribution in [-0.4, -0.2) is 81.7 Å². The fraction of sp³-hybridized carbons (Fsp3) is 0.500. The smallest absolute Gasteiger partial charge is 0.277 e. The number of rotatable bonds is 8. The average Bonchev–Trinajstić information content (AvgIpc) is 3.11. The Labute approximate surface area is 193 Å². The number of carbonyl (C=O) groups excluding carboxylic acids is 1. The molecular formula is C24H32N6O3. The minimum atomic E-state index is -0.260. The fourth-order valence-electron chi connectivity index (χ4n) is 4.25. The van der Waals surface area contributed by atoms with Crippen molar-refractivity contribution in [3.8, 4) is 17.1 Å². The summed E-state index contributed by atoms with van der Waals surface area (Å²) < 4.78 is 7.39. The third kappa shape index (κ3) is 4.84. The zero-order valence-corrected chi connectivity index (χ0v) is 19.8. The molecule has 1 aromatic carbocycles. The molecule has 2 aromatic heterocycles. The summed E-state index contributed by atoms with van der Waals surface area (Å²) in [5.41, 5.74) is 2.75. The number of aromatic nitrogens is 4. The number of nitrogens with one attached hydrogen (secondary N) is 1. The number of nitrogens with zero attached hydrogens (tertiary/aromatic N) is 5. The summed E-state index contributed by atoms with van der Waals surface area (Å²) in [6.07, 6.45) is 1.63. The minimum Gasteiger partial charge on any atom is -0.493 e. The highest BCUT2D eigenvalue weighted by atomic mass is 16.5. The van der Waals surface area contributed by atoms with E-state index in [1.54, 1.807) is 29.9 Å². The van der Waals surface area contributed by atoms with Crippen LogP contribution in [0.1, 0.15) is 36.3 Å². The van der Waals surface area contributed by atoms with Crippen molar-refractivity contribution in [1.82, 2.24) is 29.5 Å². The Morgan fingerprint density at radius 3 is 2.61 bits per heavy atom. The Morgan fingerprint density at radius 2 is 1.91 bits per heavy atom. The monoisotopic (exact) mass is 452 g/mol. The average molecular weight is 453 g/mol. The molecule has 1 N–H and O–H groups in total. The van der Waals surface area contributed by atoms with Crippen molar-refractivity contribution in [3.63, 3.8) is 0 Å². The maximum absolute atomic E-state index is 13.1. The van der Waals surface area contributed by atoms with E-state index in [-0.39, 0.29) is 11.3 Å². The number of ketones is 1. The highest BCUT2D eigenvalue weighted by Crippen LogP contribution is 2.30. The first-order chi connectivity index (χ1) is 15.9. The Balaban J connectivity index is 1.73. The van der Waals surface area contributed by atoms with Crippen LogP contribution in [0, 0.1) is 0 Å². The zero-order valence-electron chi connectivity index (χ0n) is 19.8. The molecule has 0 amide bonds. The summed E-state index contributed by atoms with van der Waals surface area (Å²) in [7, 11) is 3.85. The number of H-pyrrole nitrogens is 1. The normalized spacial score (nSPS) is 15.3. The predicted molar refractivity (Wildman–Crippen MR) is 128 cm³/mol. The van der Waals surface area contributed by atoms with Gasteiger partial charge in [0.15, 0.2) is 11.3 Å². The molecule has 0 saturated carbocycles. The van der Waals surface area contributed by atoms with Gasteiger partial charge in [-0.3, -0.25) is 19.2 Å². The molecule has 1 fully saturated rings. The molecule has 0 radical (unpaired) electrons. The zero-order chi connectivity index (χ0) is 23.5. The second-order valence-corrected chi connectivity index (χ2v) is 8.58. The van der Waals surface area contributed by atoms with E-state index in [1.165, 1.54) is 0 Å². The molecule has 4 rings (SSSR count). The first-order valence-corrected chi connectivity index (χ1v) is 11.6. The molecule has 9 nitrogen and oxygen atoms in total. The van der Waals surface area contributed by atoms with Crippen LogP contribution in [0.4, 0.5) is 0 Å². The molecule has 33 heavy (non-hydrogen) atoms. The van der Waals surface area contributed by atoms with Gasteiger partial charge in [-0.15, -0.1) is 0 Å². The Bertz CT molecular complexity index is 1210. The van der Waals surface area contributed by atoms with Crippen LogP contribution in [-0.2, 0) is 13.5 Å². The maximum atomic E-state index is 13.1. The molecule has 1 saturated heterocycles.